The molecule has 0 bridgehead atoms. The Morgan fingerprint density at radius 3 is 2.07 bits per heavy atom. The van der Waals surface area contributed by atoms with Gasteiger partial charge in [-0.3, -0.25) is 43.3 Å². The fourth-order valence-corrected chi connectivity index (χ4v) is 3.57. The normalized spacial score (nSPS) is 13.5. The van der Waals surface area contributed by atoms with E-state index in [0.717, 1.165) is 17.1 Å². The zero-order valence-corrected chi connectivity index (χ0v) is 23.7. The number of ether oxygens (including phenoxy) is 1. The van der Waals surface area contributed by atoms with Crippen molar-refractivity contribution in [3.63, 3.8) is 0 Å². The first-order valence-electron chi connectivity index (χ1n) is 13.5. The summed E-state index contributed by atoms with van der Waals surface area (Å²) in [7, 11) is 0. The average molecular weight is 618 g/mol. The van der Waals surface area contributed by atoms with Gasteiger partial charge in [0, 0.05) is 38.0 Å². The van der Waals surface area contributed by atoms with Gasteiger partial charge in [0.2, 0.25) is 35.4 Å². The minimum atomic E-state index is -1.37. The van der Waals surface area contributed by atoms with E-state index in [1.54, 1.807) is 30.3 Å². The van der Waals surface area contributed by atoms with Gasteiger partial charge in [0.25, 0.3) is 11.8 Å². The maximum absolute atomic E-state index is 12.8. The number of primary amides is 1. The van der Waals surface area contributed by atoms with Gasteiger partial charge in [0.05, 0.1) is 26.2 Å². The van der Waals surface area contributed by atoms with E-state index in [0.29, 0.717) is 5.56 Å². The SMILES string of the molecule is NC(=O)C(O)CCOCNC(=O)CNC(=O)C(Cc1ccccc1)NC(=O)CNC(=O)CNC(=O)CCN1C(=O)C=CC1=O. The molecule has 238 valence electrons. The highest BCUT2D eigenvalue weighted by Crippen LogP contribution is 2.05. The van der Waals surface area contributed by atoms with Crippen LogP contribution in [-0.2, 0) is 49.5 Å². The second-order valence-electron chi connectivity index (χ2n) is 9.35. The maximum atomic E-state index is 12.8. The molecular weight excluding hydrogens is 582 g/mol. The van der Waals surface area contributed by atoms with E-state index < -0.39 is 79.0 Å². The Labute approximate surface area is 251 Å². The summed E-state index contributed by atoms with van der Waals surface area (Å²) < 4.78 is 5.07. The Balaban J connectivity index is 1.75. The van der Waals surface area contributed by atoms with Gasteiger partial charge in [-0.05, 0) is 5.56 Å². The predicted molar refractivity (Wildman–Crippen MR) is 150 cm³/mol. The summed E-state index contributed by atoms with van der Waals surface area (Å²) in [5.74, 6) is -5.24. The summed E-state index contributed by atoms with van der Waals surface area (Å²) in [6, 6.07) is 7.63. The van der Waals surface area contributed by atoms with E-state index in [-0.39, 0.29) is 39.1 Å². The van der Waals surface area contributed by atoms with Crippen molar-refractivity contribution in [3.05, 3.63) is 48.0 Å². The number of nitrogens with two attached hydrogens (primary N) is 1. The molecule has 0 saturated heterocycles. The Kier molecular flexibility index (Phi) is 14.6. The predicted octanol–water partition coefficient (Wildman–Crippen LogP) is -4.30. The summed E-state index contributed by atoms with van der Waals surface area (Å²) in [4.78, 5) is 96.1. The number of carbonyl (C=O) groups is 8. The molecule has 2 atom stereocenters. The number of aliphatic hydroxyl groups excluding tert-OH is 1. The molecule has 0 aliphatic carbocycles. The summed E-state index contributed by atoms with van der Waals surface area (Å²) in [5.41, 5.74) is 5.63. The van der Waals surface area contributed by atoms with Crippen LogP contribution < -0.4 is 32.3 Å². The molecule has 0 fully saturated rings. The van der Waals surface area contributed by atoms with Gasteiger partial charge >= 0.3 is 0 Å². The van der Waals surface area contributed by atoms with Crippen molar-refractivity contribution in [2.75, 3.05) is 39.5 Å². The van der Waals surface area contributed by atoms with Gasteiger partial charge in [-0.2, -0.15) is 0 Å². The lowest BCUT2D eigenvalue weighted by Crippen LogP contribution is -2.52. The Bertz CT molecular complexity index is 1240. The third-order valence-corrected chi connectivity index (χ3v) is 5.95. The van der Waals surface area contributed by atoms with E-state index in [9.17, 15) is 43.5 Å². The van der Waals surface area contributed by atoms with Crippen molar-refractivity contribution in [1.82, 2.24) is 31.5 Å². The zero-order chi connectivity index (χ0) is 32.5. The van der Waals surface area contributed by atoms with Gasteiger partial charge in [0.1, 0.15) is 18.9 Å². The van der Waals surface area contributed by atoms with Gasteiger partial charge in [-0.25, -0.2) is 0 Å². The lowest BCUT2D eigenvalue weighted by molar-refractivity contribution is -0.137. The van der Waals surface area contributed by atoms with Crippen molar-refractivity contribution < 1.29 is 48.2 Å². The van der Waals surface area contributed by atoms with Gasteiger partial charge in [0.15, 0.2) is 0 Å². The lowest BCUT2D eigenvalue weighted by Gasteiger charge is -2.19. The van der Waals surface area contributed by atoms with E-state index in [4.69, 9.17) is 10.5 Å². The Morgan fingerprint density at radius 1 is 0.818 bits per heavy atom. The van der Waals surface area contributed by atoms with Crippen LogP contribution in [0.3, 0.4) is 0 Å². The van der Waals surface area contributed by atoms with Crippen LogP contribution in [0.2, 0.25) is 0 Å². The fourth-order valence-electron chi connectivity index (χ4n) is 3.57. The number of hydrogen-bond acceptors (Lipinski definition) is 10. The average Bonchev–Trinajstić information content (AvgIpc) is 3.32. The highest BCUT2D eigenvalue weighted by atomic mass is 16.5. The summed E-state index contributed by atoms with van der Waals surface area (Å²) in [6.45, 7) is -1.88. The molecule has 8 amide bonds. The molecule has 1 aliphatic heterocycles. The number of hydrogen-bond donors (Lipinski definition) is 7. The molecule has 2 rings (SSSR count). The maximum Gasteiger partial charge on any atom is 0.253 e. The van der Waals surface area contributed by atoms with Crippen LogP contribution in [0.15, 0.2) is 42.5 Å². The highest BCUT2D eigenvalue weighted by molar-refractivity contribution is 6.13. The number of rotatable bonds is 19. The molecule has 8 N–H and O–H groups in total. The van der Waals surface area contributed by atoms with Crippen LogP contribution in [-0.4, -0.2) is 109 Å². The Hall–Kier alpha value is -5.16. The molecule has 1 aromatic carbocycles. The van der Waals surface area contributed by atoms with E-state index in [1.165, 1.54) is 0 Å². The first-order chi connectivity index (χ1) is 21.0. The third-order valence-electron chi connectivity index (χ3n) is 5.95. The summed E-state index contributed by atoms with van der Waals surface area (Å²) in [6.07, 6.45) is 0.621. The van der Waals surface area contributed by atoms with Crippen LogP contribution in [0.4, 0.5) is 0 Å². The van der Waals surface area contributed by atoms with E-state index in [2.05, 4.69) is 26.6 Å². The number of benzene rings is 1. The molecule has 17 heteroatoms. The first kappa shape index (κ1) is 35.0. The van der Waals surface area contributed by atoms with Gasteiger partial charge < -0.3 is 42.2 Å². The largest absolute Gasteiger partial charge is 0.383 e. The van der Waals surface area contributed by atoms with Crippen LogP contribution in [0.5, 0.6) is 0 Å². The van der Waals surface area contributed by atoms with Crippen molar-refractivity contribution in [2.45, 2.75) is 31.4 Å². The van der Waals surface area contributed by atoms with Crippen LogP contribution in [0.25, 0.3) is 0 Å². The van der Waals surface area contributed by atoms with Gasteiger partial charge in [-0.15, -0.1) is 0 Å². The molecule has 1 heterocycles. The molecule has 0 spiro atoms. The Morgan fingerprint density at radius 2 is 1.41 bits per heavy atom. The topological polar surface area (TPSA) is 255 Å². The monoisotopic (exact) mass is 617 g/mol. The molecule has 0 saturated carbocycles. The minimum Gasteiger partial charge on any atom is -0.383 e. The quantitative estimate of drug-likeness (QED) is 0.0446. The highest BCUT2D eigenvalue weighted by Gasteiger charge is 2.24. The molecule has 1 aromatic rings. The molecule has 17 nitrogen and oxygen atoms in total. The lowest BCUT2D eigenvalue weighted by atomic mass is 10.1. The van der Waals surface area contributed by atoms with Crippen LogP contribution in [0, 0.1) is 0 Å². The number of carbonyl (C=O) groups excluding carboxylic acids is 8. The van der Waals surface area contributed by atoms with E-state index in [1.807, 2.05) is 0 Å². The number of aliphatic hydroxyl groups is 1. The second kappa shape index (κ2) is 18.4. The zero-order valence-electron chi connectivity index (χ0n) is 23.7. The summed E-state index contributed by atoms with van der Waals surface area (Å²) >= 11 is 0. The molecule has 1 aliphatic rings. The first-order valence-corrected chi connectivity index (χ1v) is 13.5. The van der Waals surface area contributed by atoms with Crippen LogP contribution in [0.1, 0.15) is 18.4 Å². The molecule has 2 unspecified atom stereocenters. The minimum absolute atomic E-state index is 0.0498. The van der Waals surface area contributed by atoms with Crippen molar-refractivity contribution in [2.24, 2.45) is 5.73 Å². The van der Waals surface area contributed by atoms with E-state index >= 15 is 0 Å². The smallest absolute Gasteiger partial charge is 0.253 e. The number of nitrogens with zero attached hydrogens (tertiary/aromatic N) is 1. The van der Waals surface area contributed by atoms with Crippen LogP contribution >= 0.6 is 0 Å². The van der Waals surface area contributed by atoms with Crippen molar-refractivity contribution in [3.8, 4) is 0 Å². The molecule has 0 radical (unpaired) electrons. The summed E-state index contributed by atoms with van der Waals surface area (Å²) in [5, 5.41) is 21.2. The molecular formula is C27H35N7O10. The fraction of sp³-hybridized carbons (Fsp3) is 0.407. The standard InChI is InChI=1S/C27H35N7O10/c28-26(42)19(35)9-11-44-16-32-22(38)14-31-27(43)18(12-17-4-2-1-3-5-17)33-23(39)15-30-21(37)13-29-20(36)8-10-34-24(40)6-7-25(34)41/h1-7,18-19,35H,8-16H2,(H2,28,42)(H,29,36)(H,30,37)(H,31,43)(H,32,38)(H,33,39). The number of imide groups is 1. The van der Waals surface area contributed by atoms with Crippen molar-refractivity contribution >= 4 is 47.3 Å². The number of amides is 8. The van der Waals surface area contributed by atoms with Gasteiger partial charge in [-0.1, -0.05) is 30.3 Å². The van der Waals surface area contributed by atoms with Crippen molar-refractivity contribution in [1.29, 1.82) is 0 Å². The number of nitrogens with one attached hydrogen (secondary N) is 5. The molecule has 0 aromatic heterocycles. The second-order valence-corrected chi connectivity index (χ2v) is 9.35. The third kappa shape index (κ3) is 13.2. The molecule has 44 heavy (non-hydrogen) atoms.